The van der Waals surface area contributed by atoms with Gasteiger partial charge in [0, 0.05) is 11.2 Å². The largest absolute Gasteiger partial charge is 0.314 e. The predicted molar refractivity (Wildman–Crippen MR) is 87.5 cm³/mol. The minimum Gasteiger partial charge on any atom is -0.314 e. The van der Waals surface area contributed by atoms with E-state index in [-0.39, 0.29) is 5.41 Å². The van der Waals surface area contributed by atoms with Crippen molar-refractivity contribution in [2.75, 3.05) is 11.2 Å². The molecule has 0 fully saturated rings. The van der Waals surface area contributed by atoms with Gasteiger partial charge in [0.1, 0.15) is 0 Å². The maximum atomic E-state index is 4.36. The van der Waals surface area contributed by atoms with E-state index in [1.165, 1.54) is 16.7 Å². The van der Waals surface area contributed by atoms with Crippen molar-refractivity contribution >= 4 is 11.8 Å². The minimum absolute atomic E-state index is 0.0239. The van der Waals surface area contributed by atoms with Crippen LogP contribution < -0.4 is 5.43 Å². The number of thioether (sulfide) groups is 1. The molecule has 5 heteroatoms. The molecule has 0 bridgehead atoms. The second-order valence-corrected chi connectivity index (χ2v) is 7.72. The van der Waals surface area contributed by atoms with E-state index in [0.29, 0.717) is 6.04 Å². The number of fused-ring (bicyclic) bond motifs is 1. The molecular formula is C16H22N4S. The molecule has 1 unspecified atom stereocenters. The van der Waals surface area contributed by atoms with Gasteiger partial charge in [0.15, 0.2) is 5.82 Å². The number of aromatic nitrogens is 3. The predicted octanol–water partition coefficient (Wildman–Crippen LogP) is 3.58. The fraction of sp³-hybridized carbons (Fsp3) is 0.500. The van der Waals surface area contributed by atoms with Gasteiger partial charge < -0.3 is 5.43 Å². The fourth-order valence-corrected chi connectivity index (χ4v) is 3.42. The molecule has 3 rings (SSSR count). The van der Waals surface area contributed by atoms with Crippen LogP contribution in [0.2, 0.25) is 0 Å². The number of hydrogen-bond acceptors (Lipinski definition) is 4. The summed E-state index contributed by atoms with van der Waals surface area (Å²) >= 11 is 1.77. The summed E-state index contributed by atoms with van der Waals surface area (Å²) in [6, 6.07) is 6.98. The second-order valence-electron chi connectivity index (χ2n) is 6.73. The summed E-state index contributed by atoms with van der Waals surface area (Å²) in [6.07, 6.45) is 0. The van der Waals surface area contributed by atoms with E-state index in [4.69, 9.17) is 0 Å². The van der Waals surface area contributed by atoms with Crippen molar-refractivity contribution in [1.82, 2.24) is 14.9 Å². The highest BCUT2D eigenvalue weighted by molar-refractivity contribution is 7.99. The van der Waals surface area contributed by atoms with Crippen LogP contribution in [-0.2, 0) is 5.41 Å². The first-order valence-corrected chi connectivity index (χ1v) is 8.27. The average Bonchev–Trinajstić information content (AvgIpc) is 2.84. The van der Waals surface area contributed by atoms with Crippen molar-refractivity contribution in [3.8, 4) is 0 Å². The van der Waals surface area contributed by atoms with Crippen LogP contribution in [0.1, 0.15) is 49.3 Å². The molecule has 1 N–H and O–H groups in total. The lowest BCUT2D eigenvalue weighted by Crippen LogP contribution is -2.32. The Kier molecular flexibility index (Phi) is 3.48. The third-order valence-electron chi connectivity index (χ3n) is 3.90. The van der Waals surface area contributed by atoms with E-state index in [0.717, 1.165) is 16.7 Å². The molecule has 4 nitrogen and oxygen atoms in total. The zero-order chi connectivity index (χ0) is 15.2. The lowest BCUT2D eigenvalue weighted by molar-refractivity contribution is 0.501. The Bertz CT molecular complexity index is 669. The summed E-state index contributed by atoms with van der Waals surface area (Å²) in [5.41, 5.74) is 7.56. The first-order valence-electron chi connectivity index (χ1n) is 7.28. The van der Waals surface area contributed by atoms with Crippen LogP contribution >= 0.6 is 11.8 Å². The molecule has 0 spiro atoms. The lowest BCUT2D eigenvalue weighted by atomic mass is 9.96. The second kappa shape index (κ2) is 5.05. The summed E-state index contributed by atoms with van der Waals surface area (Å²) in [4.78, 5) is 0. The van der Waals surface area contributed by atoms with Crippen LogP contribution in [0.15, 0.2) is 23.4 Å². The standard InChI is InChI=1S/C16H22N4S/c1-10-6-7-12(8-11(10)2)13-9-21-15-18-17-14(16(3,4)5)20(15)19-13/h6-8,13,19H,9H2,1-5H3. The molecule has 2 heterocycles. The van der Waals surface area contributed by atoms with Gasteiger partial charge in [-0.05, 0) is 30.5 Å². The van der Waals surface area contributed by atoms with E-state index in [2.05, 4.69) is 73.1 Å². The Hall–Kier alpha value is -1.49. The number of hydrogen-bond donors (Lipinski definition) is 1. The molecule has 112 valence electrons. The fourth-order valence-electron chi connectivity index (χ4n) is 2.47. The minimum atomic E-state index is -0.0239. The summed E-state index contributed by atoms with van der Waals surface area (Å²) < 4.78 is 2.06. The van der Waals surface area contributed by atoms with Gasteiger partial charge in [-0.2, -0.15) is 0 Å². The Morgan fingerprint density at radius 1 is 1.19 bits per heavy atom. The Morgan fingerprint density at radius 3 is 2.62 bits per heavy atom. The monoisotopic (exact) mass is 302 g/mol. The molecule has 2 aromatic rings. The SMILES string of the molecule is Cc1ccc(C2CSc3nnc(C(C)(C)C)n3N2)cc1C. The van der Waals surface area contributed by atoms with Crippen LogP contribution in [-0.4, -0.2) is 20.6 Å². The number of aryl methyl sites for hydroxylation is 2. The average molecular weight is 302 g/mol. The summed E-state index contributed by atoms with van der Waals surface area (Å²) in [5, 5.41) is 9.61. The first kappa shape index (κ1) is 14.4. The van der Waals surface area contributed by atoms with Crippen molar-refractivity contribution in [3.05, 3.63) is 40.7 Å². The molecule has 1 atom stereocenters. The summed E-state index contributed by atoms with van der Waals surface area (Å²) in [6.45, 7) is 10.8. The Morgan fingerprint density at radius 2 is 1.95 bits per heavy atom. The van der Waals surface area contributed by atoms with Gasteiger partial charge in [-0.15, -0.1) is 10.2 Å². The van der Waals surface area contributed by atoms with Gasteiger partial charge in [0.25, 0.3) is 0 Å². The number of nitrogens with one attached hydrogen (secondary N) is 1. The molecule has 1 aromatic carbocycles. The molecule has 1 aromatic heterocycles. The lowest BCUT2D eigenvalue weighted by Gasteiger charge is -2.29. The maximum Gasteiger partial charge on any atom is 0.210 e. The molecule has 0 saturated heterocycles. The molecule has 0 aliphatic carbocycles. The zero-order valence-corrected chi connectivity index (χ0v) is 14.1. The highest BCUT2D eigenvalue weighted by Gasteiger charge is 2.29. The highest BCUT2D eigenvalue weighted by Crippen LogP contribution is 2.33. The Balaban J connectivity index is 1.93. The van der Waals surface area contributed by atoms with Crippen LogP contribution in [0.5, 0.6) is 0 Å². The van der Waals surface area contributed by atoms with Crippen LogP contribution in [0, 0.1) is 13.8 Å². The van der Waals surface area contributed by atoms with E-state index in [9.17, 15) is 0 Å². The molecule has 21 heavy (non-hydrogen) atoms. The third kappa shape index (κ3) is 2.67. The van der Waals surface area contributed by atoms with E-state index in [1.54, 1.807) is 11.8 Å². The topological polar surface area (TPSA) is 42.7 Å². The van der Waals surface area contributed by atoms with Gasteiger partial charge in [0.2, 0.25) is 5.16 Å². The molecule has 0 radical (unpaired) electrons. The Labute approximate surface area is 130 Å². The van der Waals surface area contributed by atoms with Crippen molar-refractivity contribution in [1.29, 1.82) is 0 Å². The van der Waals surface area contributed by atoms with Gasteiger partial charge in [0.05, 0.1) is 6.04 Å². The van der Waals surface area contributed by atoms with Crippen molar-refractivity contribution in [2.24, 2.45) is 0 Å². The summed E-state index contributed by atoms with van der Waals surface area (Å²) in [5.74, 6) is 1.96. The summed E-state index contributed by atoms with van der Waals surface area (Å²) in [7, 11) is 0. The number of nitrogens with zero attached hydrogens (tertiary/aromatic N) is 3. The zero-order valence-electron chi connectivity index (χ0n) is 13.3. The highest BCUT2D eigenvalue weighted by atomic mass is 32.2. The van der Waals surface area contributed by atoms with Crippen molar-refractivity contribution in [2.45, 2.75) is 51.2 Å². The smallest absolute Gasteiger partial charge is 0.210 e. The number of rotatable bonds is 1. The van der Waals surface area contributed by atoms with Crippen LogP contribution in [0.3, 0.4) is 0 Å². The first-order chi connectivity index (χ1) is 9.86. The molecule has 1 aliphatic heterocycles. The number of benzene rings is 1. The van der Waals surface area contributed by atoms with Gasteiger partial charge >= 0.3 is 0 Å². The van der Waals surface area contributed by atoms with Gasteiger partial charge in [-0.1, -0.05) is 50.7 Å². The van der Waals surface area contributed by atoms with E-state index < -0.39 is 0 Å². The molecular weight excluding hydrogens is 280 g/mol. The van der Waals surface area contributed by atoms with Gasteiger partial charge in [-0.3, -0.25) is 0 Å². The third-order valence-corrected chi connectivity index (χ3v) is 4.92. The maximum absolute atomic E-state index is 4.36. The van der Waals surface area contributed by atoms with Crippen molar-refractivity contribution in [3.63, 3.8) is 0 Å². The van der Waals surface area contributed by atoms with E-state index >= 15 is 0 Å². The van der Waals surface area contributed by atoms with Crippen LogP contribution in [0.4, 0.5) is 0 Å². The normalized spacial score (nSPS) is 18.2. The quantitative estimate of drug-likeness (QED) is 0.874. The van der Waals surface area contributed by atoms with E-state index in [1.807, 2.05) is 0 Å². The molecule has 1 aliphatic rings. The van der Waals surface area contributed by atoms with Gasteiger partial charge in [-0.25, -0.2) is 4.68 Å². The molecule has 0 saturated carbocycles. The van der Waals surface area contributed by atoms with Crippen LogP contribution in [0.25, 0.3) is 0 Å². The van der Waals surface area contributed by atoms with Crippen molar-refractivity contribution < 1.29 is 0 Å². The molecule has 0 amide bonds.